The van der Waals surface area contributed by atoms with Gasteiger partial charge in [-0.05, 0) is 6.92 Å². The predicted octanol–water partition coefficient (Wildman–Crippen LogP) is -0.316. The Morgan fingerprint density at radius 2 is 2.17 bits per heavy atom. The summed E-state index contributed by atoms with van der Waals surface area (Å²) in [6, 6.07) is 0.213. The molecular formula is C15H20N4O5. The Morgan fingerprint density at radius 3 is 2.79 bits per heavy atom. The molecule has 3 heterocycles. The van der Waals surface area contributed by atoms with E-state index in [2.05, 4.69) is 5.32 Å². The number of nitrogens with two attached hydrogens (primary N) is 2. The first-order chi connectivity index (χ1) is 11.3. The van der Waals surface area contributed by atoms with E-state index in [-0.39, 0.29) is 35.9 Å². The van der Waals surface area contributed by atoms with E-state index in [1.807, 2.05) is 4.90 Å². The number of nitrogens with zero attached hydrogens (tertiary/aromatic N) is 1. The third kappa shape index (κ3) is 1.58. The third-order valence-electron chi connectivity index (χ3n) is 5.52. The van der Waals surface area contributed by atoms with Gasteiger partial charge < -0.3 is 41.4 Å². The van der Waals surface area contributed by atoms with Crippen molar-refractivity contribution >= 4 is 17.5 Å². The van der Waals surface area contributed by atoms with Gasteiger partial charge in [0, 0.05) is 30.8 Å². The highest BCUT2D eigenvalue weighted by Gasteiger charge is 2.71. The molecule has 3 aliphatic heterocycles. The Kier molecular flexibility index (Phi) is 2.89. The van der Waals surface area contributed by atoms with Crippen LogP contribution in [-0.2, 0) is 9.47 Å². The average molecular weight is 336 g/mol. The number of fused-ring (bicyclic) bond motifs is 5. The summed E-state index contributed by atoms with van der Waals surface area (Å²) in [6.45, 7) is 2.16. The van der Waals surface area contributed by atoms with E-state index in [1.165, 1.54) is 0 Å². The Hall–Kier alpha value is -2.39. The van der Waals surface area contributed by atoms with Crippen LogP contribution in [0.15, 0.2) is 0 Å². The molecule has 0 saturated carbocycles. The van der Waals surface area contributed by atoms with Crippen LogP contribution in [0.3, 0.4) is 0 Å². The largest absolute Gasteiger partial charge is 0.505 e. The molecule has 2 fully saturated rings. The fourth-order valence-electron chi connectivity index (χ4n) is 4.34. The number of piperazine rings is 1. The maximum atomic E-state index is 11.1. The van der Waals surface area contributed by atoms with Crippen LogP contribution < -0.4 is 21.7 Å². The minimum absolute atomic E-state index is 0.00305. The van der Waals surface area contributed by atoms with E-state index in [0.29, 0.717) is 23.4 Å². The van der Waals surface area contributed by atoms with Crippen molar-refractivity contribution in [3.8, 4) is 11.5 Å². The molecule has 24 heavy (non-hydrogen) atoms. The number of carbonyl (C=O) groups excluding carboxylic acids is 1. The van der Waals surface area contributed by atoms with Gasteiger partial charge in [0.2, 0.25) is 0 Å². The number of nitrogens with one attached hydrogen (secondary N) is 1. The molecule has 9 heteroatoms. The third-order valence-corrected chi connectivity index (χ3v) is 5.52. The number of hydrogen-bond donors (Lipinski definition) is 5. The number of phenols is 2. The first-order valence-corrected chi connectivity index (χ1v) is 7.69. The Bertz CT molecular complexity index is 754. The van der Waals surface area contributed by atoms with E-state index in [9.17, 15) is 15.0 Å². The number of aromatic hydroxyl groups is 2. The summed E-state index contributed by atoms with van der Waals surface area (Å²) in [5.41, 5.74) is 11.6. The quantitative estimate of drug-likeness (QED) is 0.218. The number of primary amides is 1. The van der Waals surface area contributed by atoms with Gasteiger partial charge in [-0.1, -0.05) is 0 Å². The Balaban J connectivity index is 1.93. The van der Waals surface area contributed by atoms with Crippen LogP contribution in [0.5, 0.6) is 11.5 Å². The number of carbonyl (C=O) groups is 1. The lowest BCUT2D eigenvalue weighted by molar-refractivity contribution is -0.0337. The van der Waals surface area contributed by atoms with Crippen LogP contribution in [0.4, 0.5) is 16.2 Å². The number of amides is 1. The molecule has 4 atom stereocenters. The molecule has 7 N–H and O–H groups in total. The summed E-state index contributed by atoms with van der Waals surface area (Å²) < 4.78 is 10.9. The second kappa shape index (κ2) is 4.58. The molecule has 3 aliphatic rings. The number of anilines is 2. The van der Waals surface area contributed by atoms with Crippen molar-refractivity contribution in [1.82, 2.24) is 5.32 Å². The fourth-order valence-corrected chi connectivity index (χ4v) is 4.34. The summed E-state index contributed by atoms with van der Waals surface area (Å²) in [7, 11) is 1.56. The molecule has 4 rings (SSSR count). The molecule has 1 aromatic carbocycles. The van der Waals surface area contributed by atoms with Crippen LogP contribution >= 0.6 is 0 Å². The second-order valence-corrected chi connectivity index (χ2v) is 6.50. The highest BCUT2D eigenvalue weighted by atomic mass is 16.6. The lowest BCUT2D eigenvalue weighted by Crippen LogP contribution is -2.54. The van der Waals surface area contributed by atoms with Crippen molar-refractivity contribution in [3.05, 3.63) is 11.1 Å². The molecule has 130 valence electrons. The number of hydrogen-bond acceptors (Lipinski definition) is 8. The van der Waals surface area contributed by atoms with Crippen molar-refractivity contribution in [3.63, 3.8) is 0 Å². The lowest BCUT2D eigenvalue weighted by atomic mass is 9.88. The van der Waals surface area contributed by atoms with E-state index in [0.717, 1.165) is 0 Å². The summed E-state index contributed by atoms with van der Waals surface area (Å²) in [5, 5.41) is 24.6. The maximum Gasteiger partial charge on any atom is 0.404 e. The Labute approximate surface area is 138 Å². The van der Waals surface area contributed by atoms with Gasteiger partial charge >= 0.3 is 6.09 Å². The van der Waals surface area contributed by atoms with Crippen LogP contribution in [0.2, 0.25) is 0 Å². The predicted molar refractivity (Wildman–Crippen MR) is 85.0 cm³/mol. The lowest BCUT2D eigenvalue weighted by Gasteiger charge is -2.38. The van der Waals surface area contributed by atoms with Gasteiger partial charge in [-0.3, -0.25) is 0 Å². The summed E-state index contributed by atoms with van der Waals surface area (Å²) in [5.74, 6) is -0.658. The topological polar surface area (TPSA) is 153 Å². The average Bonchev–Trinajstić information content (AvgIpc) is 3.16. The van der Waals surface area contributed by atoms with Crippen molar-refractivity contribution in [2.45, 2.75) is 30.7 Å². The molecule has 2 saturated heterocycles. The zero-order valence-corrected chi connectivity index (χ0v) is 13.4. The van der Waals surface area contributed by atoms with Crippen LogP contribution in [0, 0.1) is 6.92 Å². The summed E-state index contributed by atoms with van der Waals surface area (Å²) >= 11 is 0. The standard InChI is InChI=1S/C15H20N4O5/c1-5-9(16)12(21)8-6(4-24-14(17)22)15(23-2)13-7(18-13)3-19(15)10(8)11(5)20/h6-7,13,18,20-21H,3-4,16H2,1-2H3,(H2,17,22)/t6-,7+,13+,15-/m1/s1. The van der Waals surface area contributed by atoms with Gasteiger partial charge in [0.05, 0.1) is 23.3 Å². The smallest absolute Gasteiger partial charge is 0.404 e. The van der Waals surface area contributed by atoms with Gasteiger partial charge in [-0.15, -0.1) is 0 Å². The van der Waals surface area contributed by atoms with Crippen molar-refractivity contribution in [2.75, 3.05) is 30.9 Å². The van der Waals surface area contributed by atoms with E-state index in [4.69, 9.17) is 20.9 Å². The molecule has 0 radical (unpaired) electrons. The van der Waals surface area contributed by atoms with Gasteiger partial charge in [-0.25, -0.2) is 4.79 Å². The molecule has 1 amide bonds. The van der Waals surface area contributed by atoms with E-state index in [1.54, 1.807) is 14.0 Å². The summed E-state index contributed by atoms with van der Waals surface area (Å²) in [4.78, 5) is 13.0. The number of benzene rings is 1. The maximum absolute atomic E-state index is 11.1. The van der Waals surface area contributed by atoms with Gasteiger partial charge in [0.1, 0.15) is 18.1 Å². The number of phenolic OH excluding ortho intramolecular Hbond substituents is 2. The number of methoxy groups -OCH3 is 1. The first kappa shape index (κ1) is 15.2. The van der Waals surface area contributed by atoms with Crippen molar-refractivity contribution < 1.29 is 24.5 Å². The Morgan fingerprint density at radius 1 is 1.46 bits per heavy atom. The highest BCUT2D eigenvalue weighted by molar-refractivity contribution is 5.84. The van der Waals surface area contributed by atoms with Crippen molar-refractivity contribution in [2.24, 2.45) is 5.73 Å². The number of nitrogen functional groups attached to an aromatic ring is 1. The van der Waals surface area contributed by atoms with Crippen LogP contribution in [0.1, 0.15) is 17.0 Å². The SMILES string of the molecule is CO[C@@]12[C@H](COC(N)=O)c3c(O)c(N)c(C)c(O)c3N1C[C@@H]1N[C@@H]12. The molecule has 0 aromatic heterocycles. The van der Waals surface area contributed by atoms with Crippen molar-refractivity contribution in [1.29, 1.82) is 0 Å². The molecular weight excluding hydrogens is 316 g/mol. The summed E-state index contributed by atoms with van der Waals surface area (Å²) in [6.07, 6.45) is -0.914. The van der Waals surface area contributed by atoms with E-state index >= 15 is 0 Å². The van der Waals surface area contributed by atoms with Gasteiger partial charge in [-0.2, -0.15) is 0 Å². The molecule has 0 aliphatic carbocycles. The van der Waals surface area contributed by atoms with Crippen LogP contribution in [-0.4, -0.2) is 54.4 Å². The monoisotopic (exact) mass is 336 g/mol. The normalized spacial score (nSPS) is 32.2. The first-order valence-electron chi connectivity index (χ1n) is 7.69. The minimum atomic E-state index is -0.914. The van der Waals surface area contributed by atoms with Gasteiger partial charge in [0.25, 0.3) is 0 Å². The molecule has 0 spiro atoms. The van der Waals surface area contributed by atoms with Gasteiger partial charge in [0.15, 0.2) is 5.72 Å². The second-order valence-electron chi connectivity index (χ2n) is 6.50. The number of rotatable bonds is 3. The molecule has 0 bridgehead atoms. The molecule has 1 aromatic rings. The van der Waals surface area contributed by atoms with Crippen LogP contribution in [0.25, 0.3) is 0 Å². The fraction of sp³-hybridized carbons (Fsp3) is 0.533. The molecule has 0 unspecified atom stereocenters. The zero-order chi connectivity index (χ0) is 17.4. The zero-order valence-electron chi connectivity index (χ0n) is 13.4. The highest BCUT2D eigenvalue weighted by Crippen LogP contribution is 2.63. The molecule has 9 nitrogen and oxygen atoms in total. The minimum Gasteiger partial charge on any atom is -0.505 e. The number of ether oxygens (including phenoxy) is 2. The van der Waals surface area contributed by atoms with E-state index < -0.39 is 17.7 Å².